The summed E-state index contributed by atoms with van der Waals surface area (Å²) in [4.78, 5) is 6.53. The lowest BCUT2D eigenvalue weighted by atomic mass is 10.3. The van der Waals surface area contributed by atoms with Crippen molar-refractivity contribution in [2.24, 2.45) is 0 Å². The van der Waals surface area contributed by atoms with Crippen molar-refractivity contribution in [3.8, 4) is 0 Å². The molecule has 4 nitrogen and oxygen atoms in total. The summed E-state index contributed by atoms with van der Waals surface area (Å²) in [6.07, 6.45) is 2.33. The van der Waals surface area contributed by atoms with Gasteiger partial charge in [0.2, 0.25) is 0 Å². The molecular formula is C10H13ClN2O2S. The van der Waals surface area contributed by atoms with Crippen LogP contribution >= 0.6 is 10.7 Å². The number of aryl methyl sites for hydroxylation is 1. The van der Waals surface area contributed by atoms with Crippen molar-refractivity contribution >= 4 is 25.6 Å². The maximum Gasteiger partial charge on any atom is 0.263 e. The highest BCUT2D eigenvalue weighted by Gasteiger charge is 2.18. The van der Waals surface area contributed by atoms with Crippen molar-refractivity contribution in [1.82, 2.24) is 4.98 Å². The van der Waals surface area contributed by atoms with E-state index in [1.54, 1.807) is 13.0 Å². The number of halogens is 1. The van der Waals surface area contributed by atoms with E-state index in [0.29, 0.717) is 5.69 Å². The summed E-state index contributed by atoms with van der Waals surface area (Å²) >= 11 is 0. The maximum absolute atomic E-state index is 11.2. The molecule has 1 aromatic heterocycles. The van der Waals surface area contributed by atoms with E-state index < -0.39 is 9.05 Å². The minimum atomic E-state index is -3.68. The van der Waals surface area contributed by atoms with Gasteiger partial charge in [0.05, 0.1) is 5.69 Å². The van der Waals surface area contributed by atoms with Gasteiger partial charge in [-0.15, -0.1) is 0 Å². The van der Waals surface area contributed by atoms with Crippen LogP contribution in [-0.4, -0.2) is 26.5 Å². The standard InChI is InChI=1S/C10H13ClN2O2S/c1-8-9(16(11,14)15)4-5-10(12-8)13-6-2-3-7-13/h4-5H,2-3,6-7H2,1H3. The van der Waals surface area contributed by atoms with E-state index in [2.05, 4.69) is 9.88 Å². The van der Waals surface area contributed by atoms with Gasteiger partial charge in [-0.3, -0.25) is 0 Å². The van der Waals surface area contributed by atoms with Crippen LogP contribution in [0.15, 0.2) is 17.0 Å². The summed E-state index contributed by atoms with van der Waals surface area (Å²) in [5.41, 5.74) is 0.458. The zero-order valence-corrected chi connectivity index (χ0v) is 10.6. The second kappa shape index (κ2) is 4.22. The number of nitrogens with zero attached hydrogens (tertiary/aromatic N) is 2. The molecule has 2 rings (SSSR count). The van der Waals surface area contributed by atoms with E-state index in [1.807, 2.05) is 0 Å². The summed E-state index contributed by atoms with van der Waals surface area (Å²) < 4.78 is 22.4. The van der Waals surface area contributed by atoms with Gasteiger partial charge in [-0.25, -0.2) is 13.4 Å². The lowest BCUT2D eigenvalue weighted by Crippen LogP contribution is -2.19. The topological polar surface area (TPSA) is 50.3 Å². The SMILES string of the molecule is Cc1nc(N2CCCC2)ccc1S(=O)(=O)Cl. The fourth-order valence-electron chi connectivity index (χ4n) is 1.92. The highest BCUT2D eigenvalue weighted by Crippen LogP contribution is 2.23. The Labute approximate surface area is 99.7 Å². The second-order valence-electron chi connectivity index (χ2n) is 3.88. The van der Waals surface area contributed by atoms with Crippen LogP contribution in [0, 0.1) is 6.92 Å². The summed E-state index contributed by atoms with van der Waals surface area (Å²) in [6, 6.07) is 3.24. The molecule has 6 heteroatoms. The Hall–Kier alpha value is -0.810. The molecule has 0 saturated carbocycles. The number of hydrogen-bond donors (Lipinski definition) is 0. The first-order chi connectivity index (χ1) is 7.48. The first kappa shape index (κ1) is 11.7. The fourth-order valence-corrected chi connectivity index (χ4v) is 3.03. The number of rotatable bonds is 2. The minimum absolute atomic E-state index is 0.0945. The average Bonchev–Trinajstić information content (AvgIpc) is 2.68. The van der Waals surface area contributed by atoms with Crippen molar-refractivity contribution in [2.45, 2.75) is 24.7 Å². The lowest BCUT2D eigenvalue weighted by molar-refractivity contribution is 0.608. The van der Waals surface area contributed by atoms with E-state index in [9.17, 15) is 8.42 Å². The summed E-state index contributed by atoms with van der Waals surface area (Å²) in [5.74, 6) is 0.832. The fraction of sp³-hybridized carbons (Fsp3) is 0.500. The zero-order valence-electron chi connectivity index (χ0n) is 8.98. The molecule has 16 heavy (non-hydrogen) atoms. The molecule has 1 aliphatic heterocycles. The smallest absolute Gasteiger partial charge is 0.263 e. The van der Waals surface area contributed by atoms with Gasteiger partial charge >= 0.3 is 0 Å². The molecule has 1 fully saturated rings. The molecule has 0 radical (unpaired) electrons. The van der Waals surface area contributed by atoms with Gasteiger partial charge in [0.25, 0.3) is 9.05 Å². The van der Waals surface area contributed by atoms with E-state index in [4.69, 9.17) is 10.7 Å². The maximum atomic E-state index is 11.2. The van der Waals surface area contributed by atoms with Gasteiger partial charge in [-0.2, -0.15) is 0 Å². The third-order valence-corrected chi connectivity index (χ3v) is 4.17. The van der Waals surface area contributed by atoms with E-state index >= 15 is 0 Å². The number of pyridine rings is 1. The number of aromatic nitrogens is 1. The molecular weight excluding hydrogens is 248 g/mol. The molecule has 0 atom stereocenters. The molecule has 88 valence electrons. The van der Waals surface area contributed by atoms with Crippen LogP contribution in [0.25, 0.3) is 0 Å². The van der Waals surface area contributed by atoms with Crippen molar-refractivity contribution in [2.75, 3.05) is 18.0 Å². The van der Waals surface area contributed by atoms with Gasteiger partial charge in [0, 0.05) is 23.8 Å². The highest BCUT2D eigenvalue weighted by molar-refractivity contribution is 8.13. The Balaban J connectivity index is 2.36. The molecule has 0 aliphatic carbocycles. The third-order valence-electron chi connectivity index (χ3n) is 2.72. The van der Waals surface area contributed by atoms with Gasteiger partial charge in [0.1, 0.15) is 10.7 Å². The van der Waals surface area contributed by atoms with Crippen molar-refractivity contribution in [3.05, 3.63) is 17.8 Å². The third kappa shape index (κ3) is 2.30. The lowest BCUT2D eigenvalue weighted by Gasteiger charge is -2.17. The van der Waals surface area contributed by atoms with Crippen LogP contribution in [0.4, 0.5) is 5.82 Å². The molecule has 0 amide bonds. The Morgan fingerprint density at radius 2 is 1.94 bits per heavy atom. The average molecular weight is 261 g/mol. The monoisotopic (exact) mass is 260 g/mol. The van der Waals surface area contributed by atoms with E-state index in [1.165, 1.54) is 6.07 Å². The Morgan fingerprint density at radius 1 is 1.31 bits per heavy atom. The molecule has 0 aromatic carbocycles. The second-order valence-corrected chi connectivity index (χ2v) is 6.42. The number of hydrogen-bond acceptors (Lipinski definition) is 4. The Bertz CT molecular complexity index is 496. The molecule has 0 N–H and O–H groups in total. The van der Waals surface area contributed by atoms with Crippen LogP contribution in [0.3, 0.4) is 0 Å². The van der Waals surface area contributed by atoms with Crippen LogP contribution < -0.4 is 4.90 Å². The zero-order chi connectivity index (χ0) is 11.8. The molecule has 2 heterocycles. The first-order valence-electron chi connectivity index (χ1n) is 5.16. The van der Waals surface area contributed by atoms with Crippen molar-refractivity contribution in [1.29, 1.82) is 0 Å². The predicted octanol–water partition coefficient (Wildman–Crippen LogP) is 1.92. The summed E-state index contributed by atoms with van der Waals surface area (Å²) in [7, 11) is 1.61. The van der Waals surface area contributed by atoms with Crippen LogP contribution in [0.1, 0.15) is 18.5 Å². The van der Waals surface area contributed by atoms with E-state index in [0.717, 1.165) is 31.7 Å². The van der Waals surface area contributed by atoms with Gasteiger partial charge in [-0.1, -0.05) is 0 Å². The largest absolute Gasteiger partial charge is 0.357 e. The molecule has 1 saturated heterocycles. The molecule has 1 aromatic rings. The van der Waals surface area contributed by atoms with Crippen LogP contribution in [0.5, 0.6) is 0 Å². The summed E-state index contributed by atoms with van der Waals surface area (Å²) in [6.45, 7) is 3.63. The molecule has 0 unspecified atom stereocenters. The van der Waals surface area contributed by atoms with Crippen LogP contribution in [0.2, 0.25) is 0 Å². The predicted molar refractivity (Wildman–Crippen MR) is 63.5 cm³/mol. The van der Waals surface area contributed by atoms with E-state index in [-0.39, 0.29) is 4.90 Å². The molecule has 0 spiro atoms. The normalized spacial score (nSPS) is 16.8. The molecule has 0 bridgehead atoms. The summed E-state index contributed by atoms with van der Waals surface area (Å²) in [5, 5.41) is 0. The van der Waals surface area contributed by atoms with Crippen molar-refractivity contribution in [3.63, 3.8) is 0 Å². The quantitative estimate of drug-likeness (QED) is 0.763. The van der Waals surface area contributed by atoms with Crippen LogP contribution in [-0.2, 0) is 9.05 Å². The Kier molecular flexibility index (Phi) is 3.08. The highest BCUT2D eigenvalue weighted by atomic mass is 35.7. The number of anilines is 1. The van der Waals surface area contributed by atoms with Gasteiger partial charge in [0.15, 0.2) is 0 Å². The van der Waals surface area contributed by atoms with Gasteiger partial charge in [-0.05, 0) is 31.9 Å². The van der Waals surface area contributed by atoms with Gasteiger partial charge < -0.3 is 4.90 Å². The Morgan fingerprint density at radius 3 is 2.44 bits per heavy atom. The first-order valence-corrected chi connectivity index (χ1v) is 7.47. The molecule has 1 aliphatic rings. The minimum Gasteiger partial charge on any atom is -0.357 e. The van der Waals surface area contributed by atoms with Crippen molar-refractivity contribution < 1.29 is 8.42 Å².